The Bertz CT molecular complexity index is 1340. The number of hydrogen-bond acceptors (Lipinski definition) is 7. The Morgan fingerprint density at radius 3 is 2.26 bits per heavy atom. The van der Waals surface area contributed by atoms with Crippen molar-refractivity contribution in [2.24, 2.45) is 0 Å². The third-order valence-electron chi connectivity index (χ3n) is 6.43. The van der Waals surface area contributed by atoms with E-state index in [0.29, 0.717) is 42.3 Å². The number of nitrogens with two attached hydrogens (primary N) is 2. The molecule has 0 aromatic heterocycles. The van der Waals surface area contributed by atoms with Crippen LogP contribution >= 0.6 is 0 Å². The topological polar surface area (TPSA) is 121 Å². The van der Waals surface area contributed by atoms with E-state index in [-0.39, 0.29) is 11.3 Å². The van der Waals surface area contributed by atoms with Gasteiger partial charge in [-0.15, -0.1) is 0 Å². The fourth-order valence-corrected chi connectivity index (χ4v) is 4.09. The Morgan fingerprint density at radius 1 is 0.857 bits per heavy atom. The van der Waals surface area contributed by atoms with Crippen LogP contribution in [-0.4, -0.2) is 19.2 Å². The molecule has 0 bridgehead atoms. The highest BCUT2D eigenvalue weighted by atomic mass is 19.3. The fraction of sp³-hybridized carbons (Fsp3) is 0.333. The van der Waals surface area contributed by atoms with Crippen molar-refractivity contribution in [3.05, 3.63) is 89.5 Å². The maximum atomic E-state index is 14.7. The zero-order valence-corrected chi connectivity index (χ0v) is 23.6. The molecule has 3 aromatic rings. The number of rotatable bonds is 17. The largest absolute Gasteiger partial charge is 0.494 e. The summed E-state index contributed by atoms with van der Waals surface area (Å²) in [7, 11) is 0. The Hall–Kier alpha value is -4.58. The highest BCUT2D eigenvalue weighted by Gasteiger charge is 2.34. The molecule has 0 unspecified atom stereocenters. The Labute approximate surface area is 245 Å². The molecule has 222 valence electrons. The number of carbonyl (C=O) groups is 1. The van der Waals surface area contributed by atoms with Crippen molar-refractivity contribution < 1.29 is 27.8 Å². The summed E-state index contributed by atoms with van der Waals surface area (Å²) in [6.07, 6.45) is 5.67. The van der Waals surface area contributed by atoms with Crippen molar-refractivity contribution in [3.8, 4) is 17.6 Å². The van der Waals surface area contributed by atoms with Crippen LogP contribution in [0.3, 0.4) is 0 Å². The molecule has 0 fully saturated rings. The zero-order chi connectivity index (χ0) is 30.2. The van der Waals surface area contributed by atoms with E-state index in [4.69, 9.17) is 30.9 Å². The average molecular weight is 578 g/mol. The third kappa shape index (κ3) is 11.1. The maximum absolute atomic E-state index is 14.7. The second-order valence-corrected chi connectivity index (χ2v) is 9.80. The molecule has 0 amide bonds. The minimum absolute atomic E-state index is 0.0156. The number of esters is 1. The molecule has 9 heteroatoms. The van der Waals surface area contributed by atoms with E-state index in [0.717, 1.165) is 50.5 Å². The molecule has 0 aliphatic heterocycles. The van der Waals surface area contributed by atoms with Gasteiger partial charge in [0, 0.05) is 23.9 Å². The molecule has 0 saturated heterocycles. The van der Waals surface area contributed by atoms with Gasteiger partial charge >= 0.3 is 12.1 Å². The van der Waals surface area contributed by atoms with Gasteiger partial charge in [0.25, 0.3) is 0 Å². The van der Waals surface area contributed by atoms with Gasteiger partial charge in [0.1, 0.15) is 11.5 Å². The van der Waals surface area contributed by atoms with E-state index < -0.39 is 12.1 Å². The highest BCUT2D eigenvalue weighted by molar-refractivity contribution is 5.87. The normalized spacial score (nSPS) is 11.3. The van der Waals surface area contributed by atoms with Crippen molar-refractivity contribution in [1.82, 2.24) is 0 Å². The Balaban J connectivity index is 1.36. The Morgan fingerprint density at radius 2 is 1.55 bits per heavy atom. The molecule has 0 radical (unpaired) electrons. The first-order chi connectivity index (χ1) is 20.3. The van der Waals surface area contributed by atoms with Crippen LogP contribution in [0.5, 0.6) is 11.5 Å². The van der Waals surface area contributed by atoms with Crippen molar-refractivity contribution >= 4 is 23.4 Å². The second kappa shape index (κ2) is 16.6. The molecule has 4 N–H and O–H groups in total. The molecule has 0 saturated carbocycles. The monoisotopic (exact) mass is 577 g/mol. The first-order valence-electron chi connectivity index (χ1n) is 14.0. The van der Waals surface area contributed by atoms with Gasteiger partial charge in [-0.1, -0.05) is 18.2 Å². The van der Waals surface area contributed by atoms with Crippen LogP contribution in [0.4, 0.5) is 20.2 Å². The molecule has 0 atom stereocenters. The number of hydrogen-bond donors (Lipinski definition) is 2. The number of aryl methyl sites for hydroxylation is 1. The smallest absolute Gasteiger partial charge is 0.426 e. The van der Waals surface area contributed by atoms with E-state index in [2.05, 4.69) is 6.07 Å². The van der Waals surface area contributed by atoms with Crippen LogP contribution in [0.1, 0.15) is 61.6 Å². The number of nitriles is 1. The number of nitrogens with zero attached hydrogens (tertiary/aromatic N) is 1. The first-order valence-corrected chi connectivity index (χ1v) is 14.0. The molecule has 0 spiro atoms. The Kier molecular flexibility index (Phi) is 12.6. The summed E-state index contributed by atoms with van der Waals surface area (Å²) < 4.78 is 45.1. The van der Waals surface area contributed by atoms with E-state index in [1.165, 1.54) is 42.5 Å². The van der Waals surface area contributed by atoms with Crippen molar-refractivity contribution in [2.45, 2.75) is 57.5 Å². The van der Waals surface area contributed by atoms with Crippen molar-refractivity contribution in [3.63, 3.8) is 0 Å². The van der Waals surface area contributed by atoms with Crippen molar-refractivity contribution in [2.75, 3.05) is 24.7 Å². The zero-order valence-electron chi connectivity index (χ0n) is 23.6. The lowest BCUT2D eigenvalue weighted by molar-refractivity contribution is -0.185. The molecule has 0 heterocycles. The standard InChI is InChI=1S/C33H37F2N3O4/c34-33(35,27-13-18-29(19-14-27)40-22-6-2-1-5-21-36)42-30-16-9-25(10-17-30)11-20-32(39)41-23-7-3-4-8-26-12-15-28(37)24-31(26)38/h9-20,24H,1-8,22-23,37-38H2/b20-11+. The number of ether oxygens (including phenoxy) is 3. The number of nitrogen functional groups attached to an aromatic ring is 2. The molecule has 3 rings (SSSR count). The average Bonchev–Trinajstić information content (AvgIpc) is 2.97. The summed E-state index contributed by atoms with van der Waals surface area (Å²) in [5.41, 5.74) is 14.4. The van der Waals surface area contributed by atoms with E-state index in [9.17, 15) is 13.6 Å². The van der Waals surface area contributed by atoms with Gasteiger partial charge < -0.3 is 25.7 Å². The number of carbonyl (C=O) groups excluding carboxylic acids is 1. The molecular formula is C33H37F2N3O4. The van der Waals surface area contributed by atoms with E-state index in [1.807, 2.05) is 12.1 Å². The summed E-state index contributed by atoms with van der Waals surface area (Å²) in [6, 6.07) is 19.1. The lowest BCUT2D eigenvalue weighted by Gasteiger charge is -2.18. The van der Waals surface area contributed by atoms with Crippen LogP contribution in [0.2, 0.25) is 0 Å². The number of alkyl halides is 2. The van der Waals surface area contributed by atoms with Gasteiger partial charge in [-0.3, -0.25) is 0 Å². The van der Waals surface area contributed by atoms with Gasteiger partial charge in [0.2, 0.25) is 0 Å². The molecule has 7 nitrogen and oxygen atoms in total. The molecule has 0 aliphatic rings. The minimum atomic E-state index is -3.54. The lowest BCUT2D eigenvalue weighted by atomic mass is 10.0. The summed E-state index contributed by atoms with van der Waals surface area (Å²) in [5.74, 6) is -0.00122. The summed E-state index contributed by atoms with van der Waals surface area (Å²) in [4.78, 5) is 12.0. The van der Waals surface area contributed by atoms with Crippen LogP contribution in [0, 0.1) is 11.3 Å². The fourth-order valence-electron chi connectivity index (χ4n) is 4.09. The number of anilines is 2. The van der Waals surface area contributed by atoms with Crippen LogP contribution < -0.4 is 20.9 Å². The van der Waals surface area contributed by atoms with Crippen LogP contribution in [0.15, 0.2) is 72.8 Å². The van der Waals surface area contributed by atoms with Crippen LogP contribution in [0.25, 0.3) is 6.08 Å². The van der Waals surface area contributed by atoms with E-state index >= 15 is 0 Å². The SMILES string of the molecule is N#CCCCCCOc1ccc(C(F)(F)Oc2ccc(/C=C/C(=O)OCCCCCc3ccc(N)cc3N)cc2)cc1. The summed E-state index contributed by atoms with van der Waals surface area (Å²) in [6.45, 7) is 0.761. The molecule has 0 aliphatic carbocycles. The quantitative estimate of drug-likeness (QED) is 0.0741. The van der Waals surface area contributed by atoms with Gasteiger partial charge in [-0.2, -0.15) is 14.0 Å². The first kappa shape index (κ1) is 31.9. The predicted octanol–water partition coefficient (Wildman–Crippen LogP) is 7.41. The maximum Gasteiger partial charge on any atom is 0.426 e. The van der Waals surface area contributed by atoms with Gasteiger partial charge in [-0.05, 0) is 111 Å². The van der Waals surface area contributed by atoms with Crippen molar-refractivity contribution in [1.29, 1.82) is 5.26 Å². The summed E-state index contributed by atoms with van der Waals surface area (Å²) in [5, 5.41) is 8.54. The predicted molar refractivity (Wildman–Crippen MR) is 160 cm³/mol. The number of unbranched alkanes of at least 4 members (excludes halogenated alkanes) is 5. The number of halogens is 2. The second-order valence-electron chi connectivity index (χ2n) is 9.80. The molecule has 3 aromatic carbocycles. The van der Waals surface area contributed by atoms with Gasteiger partial charge in [0.15, 0.2) is 0 Å². The van der Waals surface area contributed by atoms with E-state index in [1.54, 1.807) is 24.3 Å². The summed E-state index contributed by atoms with van der Waals surface area (Å²) >= 11 is 0. The van der Waals surface area contributed by atoms with Gasteiger partial charge in [0.05, 0.1) is 24.8 Å². The number of benzene rings is 3. The minimum Gasteiger partial charge on any atom is -0.494 e. The van der Waals surface area contributed by atoms with Gasteiger partial charge in [-0.25, -0.2) is 4.79 Å². The molecular weight excluding hydrogens is 540 g/mol. The lowest BCUT2D eigenvalue weighted by Crippen LogP contribution is -2.21. The highest BCUT2D eigenvalue weighted by Crippen LogP contribution is 2.32. The third-order valence-corrected chi connectivity index (χ3v) is 6.43. The van der Waals surface area contributed by atoms with Crippen LogP contribution in [-0.2, 0) is 22.1 Å². The molecule has 42 heavy (non-hydrogen) atoms.